The molecule has 0 aliphatic carbocycles. The average Bonchev–Trinajstić information content (AvgIpc) is 2.69. The van der Waals surface area contributed by atoms with Gasteiger partial charge in [-0.05, 0) is 18.4 Å². The summed E-state index contributed by atoms with van der Waals surface area (Å²) < 4.78 is 0. The Morgan fingerprint density at radius 2 is 2.17 bits per heavy atom. The van der Waals surface area contributed by atoms with Gasteiger partial charge in [0.1, 0.15) is 5.69 Å². The number of aliphatic carboxylic acids is 1. The summed E-state index contributed by atoms with van der Waals surface area (Å²) in [4.78, 5) is 25.4. The molecule has 0 saturated carbocycles. The van der Waals surface area contributed by atoms with E-state index < -0.39 is 11.9 Å². The van der Waals surface area contributed by atoms with Crippen LogP contribution in [-0.4, -0.2) is 28.5 Å². The fourth-order valence-corrected chi connectivity index (χ4v) is 1.81. The Labute approximate surface area is 111 Å². The molecule has 0 aliphatic rings. The van der Waals surface area contributed by atoms with Crippen molar-refractivity contribution < 1.29 is 14.7 Å². The van der Waals surface area contributed by atoms with E-state index in [0.717, 1.165) is 0 Å². The largest absolute Gasteiger partial charge is 0.481 e. The summed E-state index contributed by atoms with van der Waals surface area (Å²) in [5.74, 6) is -1.55. The Bertz CT molecular complexity index is 429. The van der Waals surface area contributed by atoms with E-state index in [2.05, 4.69) is 10.3 Å². The van der Waals surface area contributed by atoms with Crippen molar-refractivity contribution in [2.24, 2.45) is 11.8 Å². The van der Waals surface area contributed by atoms with Gasteiger partial charge in [-0.15, -0.1) is 0 Å². The predicted octanol–water partition coefficient (Wildman–Crippen LogP) is 2.14. The quantitative estimate of drug-likeness (QED) is 0.742. The summed E-state index contributed by atoms with van der Waals surface area (Å²) in [6.45, 7) is 4.01. The van der Waals surface area contributed by atoms with Crippen LogP contribution in [0.4, 0.5) is 0 Å². The lowest BCUT2D eigenvalue weighted by Gasteiger charge is -2.15. The monoisotopic (exact) mass is 272 g/mol. The lowest BCUT2D eigenvalue weighted by Crippen LogP contribution is -2.33. The van der Waals surface area contributed by atoms with Crippen molar-refractivity contribution in [1.82, 2.24) is 10.3 Å². The summed E-state index contributed by atoms with van der Waals surface area (Å²) in [5, 5.41) is 12.1. The molecule has 0 bridgehead atoms. The van der Waals surface area contributed by atoms with E-state index >= 15 is 0 Å². The number of aromatic nitrogens is 1. The lowest BCUT2D eigenvalue weighted by atomic mass is 9.97. The van der Waals surface area contributed by atoms with Gasteiger partial charge >= 0.3 is 5.97 Å². The van der Waals surface area contributed by atoms with Crippen molar-refractivity contribution in [3.05, 3.63) is 23.0 Å². The molecule has 0 aliphatic heterocycles. The van der Waals surface area contributed by atoms with Crippen molar-refractivity contribution in [1.29, 1.82) is 0 Å². The summed E-state index contributed by atoms with van der Waals surface area (Å²) in [6, 6.07) is 1.50. The van der Waals surface area contributed by atoms with Crippen LogP contribution in [0.3, 0.4) is 0 Å². The Kier molecular flexibility index (Phi) is 5.22. The van der Waals surface area contributed by atoms with Gasteiger partial charge in [0.2, 0.25) is 0 Å². The van der Waals surface area contributed by atoms with E-state index in [1.165, 1.54) is 12.3 Å². The highest BCUT2D eigenvalue weighted by Gasteiger charge is 2.20. The molecule has 1 aromatic rings. The molecular formula is C12H17ClN2O3. The van der Waals surface area contributed by atoms with Gasteiger partial charge in [-0.2, -0.15) is 0 Å². The highest BCUT2D eigenvalue weighted by Crippen LogP contribution is 2.12. The van der Waals surface area contributed by atoms with Gasteiger partial charge in [0, 0.05) is 12.7 Å². The number of aromatic amines is 1. The highest BCUT2D eigenvalue weighted by molar-refractivity contribution is 6.30. The summed E-state index contributed by atoms with van der Waals surface area (Å²) in [6.07, 6.45) is 2.03. The standard InChI is InChI=1S/C12H17ClN2O3/c1-7(2)3-8(12(17)18)5-15-11(16)10-4-9(13)6-14-10/h4,6-8,14H,3,5H2,1-2H3,(H,15,16)(H,17,18). The number of carboxylic acids is 1. The Morgan fingerprint density at radius 1 is 1.50 bits per heavy atom. The van der Waals surface area contributed by atoms with Gasteiger partial charge in [-0.1, -0.05) is 25.4 Å². The zero-order valence-corrected chi connectivity index (χ0v) is 11.1. The number of hydrogen-bond donors (Lipinski definition) is 3. The van der Waals surface area contributed by atoms with E-state index in [-0.39, 0.29) is 18.4 Å². The fraction of sp³-hybridized carbons (Fsp3) is 0.500. The first-order valence-electron chi connectivity index (χ1n) is 5.75. The maximum atomic E-state index is 11.7. The molecule has 0 fully saturated rings. The molecule has 1 aromatic heterocycles. The van der Waals surface area contributed by atoms with Crippen LogP contribution < -0.4 is 5.32 Å². The first kappa shape index (κ1) is 14.6. The third kappa shape index (κ3) is 4.41. The van der Waals surface area contributed by atoms with E-state index in [9.17, 15) is 9.59 Å². The van der Waals surface area contributed by atoms with E-state index in [1.807, 2.05) is 13.8 Å². The van der Waals surface area contributed by atoms with Crippen LogP contribution in [0.15, 0.2) is 12.3 Å². The zero-order chi connectivity index (χ0) is 13.7. The van der Waals surface area contributed by atoms with Crippen molar-refractivity contribution >= 4 is 23.5 Å². The zero-order valence-electron chi connectivity index (χ0n) is 10.4. The molecule has 0 aromatic carbocycles. The Hall–Kier alpha value is -1.49. The van der Waals surface area contributed by atoms with Crippen molar-refractivity contribution in [2.75, 3.05) is 6.54 Å². The Morgan fingerprint density at radius 3 is 2.61 bits per heavy atom. The number of amides is 1. The van der Waals surface area contributed by atoms with Gasteiger partial charge in [-0.25, -0.2) is 0 Å². The van der Waals surface area contributed by atoms with Crippen molar-refractivity contribution in [3.8, 4) is 0 Å². The number of hydrogen-bond acceptors (Lipinski definition) is 2. The van der Waals surface area contributed by atoms with Crippen LogP contribution in [0, 0.1) is 11.8 Å². The van der Waals surface area contributed by atoms with Gasteiger partial charge in [0.05, 0.1) is 10.9 Å². The van der Waals surface area contributed by atoms with E-state index in [0.29, 0.717) is 17.1 Å². The lowest BCUT2D eigenvalue weighted by molar-refractivity contribution is -0.142. The third-order valence-corrected chi connectivity index (χ3v) is 2.72. The van der Waals surface area contributed by atoms with Crippen molar-refractivity contribution in [3.63, 3.8) is 0 Å². The molecular weight excluding hydrogens is 256 g/mol. The van der Waals surface area contributed by atoms with Crippen LogP contribution in [0.25, 0.3) is 0 Å². The van der Waals surface area contributed by atoms with Gasteiger partial charge < -0.3 is 15.4 Å². The highest BCUT2D eigenvalue weighted by atomic mass is 35.5. The number of nitrogens with one attached hydrogen (secondary N) is 2. The molecule has 0 spiro atoms. The van der Waals surface area contributed by atoms with Crippen LogP contribution >= 0.6 is 11.6 Å². The van der Waals surface area contributed by atoms with Crippen LogP contribution in [0.5, 0.6) is 0 Å². The SMILES string of the molecule is CC(C)CC(CNC(=O)c1cc(Cl)c[nH]1)C(=O)O. The number of carboxylic acid groups (broad SMARTS) is 1. The minimum Gasteiger partial charge on any atom is -0.481 e. The predicted molar refractivity (Wildman–Crippen MR) is 68.7 cm³/mol. The molecule has 3 N–H and O–H groups in total. The molecule has 1 amide bonds. The molecule has 5 nitrogen and oxygen atoms in total. The van der Waals surface area contributed by atoms with Gasteiger partial charge in [0.15, 0.2) is 0 Å². The minimum absolute atomic E-state index is 0.114. The summed E-state index contributed by atoms with van der Waals surface area (Å²) >= 11 is 5.68. The van der Waals surface area contributed by atoms with Crippen LogP contribution in [0.2, 0.25) is 5.02 Å². The maximum Gasteiger partial charge on any atom is 0.308 e. The van der Waals surface area contributed by atoms with E-state index in [4.69, 9.17) is 16.7 Å². The third-order valence-electron chi connectivity index (χ3n) is 2.51. The molecule has 1 rings (SSSR count). The van der Waals surface area contributed by atoms with Crippen LogP contribution in [-0.2, 0) is 4.79 Å². The smallest absolute Gasteiger partial charge is 0.308 e. The van der Waals surface area contributed by atoms with Crippen LogP contribution in [0.1, 0.15) is 30.8 Å². The molecule has 0 radical (unpaired) electrons. The topological polar surface area (TPSA) is 82.2 Å². The average molecular weight is 273 g/mol. The molecule has 1 atom stereocenters. The number of rotatable bonds is 6. The maximum absolute atomic E-state index is 11.7. The summed E-state index contributed by atoms with van der Waals surface area (Å²) in [5.41, 5.74) is 0.327. The van der Waals surface area contributed by atoms with Gasteiger partial charge in [-0.3, -0.25) is 9.59 Å². The normalized spacial score (nSPS) is 12.4. The number of carbonyl (C=O) groups is 2. The summed E-state index contributed by atoms with van der Waals surface area (Å²) in [7, 11) is 0. The second-order valence-electron chi connectivity index (χ2n) is 4.61. The number of H-pyrrole nitrogens is 1. The fourth-order valence-electron chi connectivity index (χ4n) is 1.65. The first-order chi connectivity index (χ1) is 8.40. The molecule has 6 heteroatoms. The Balaban J connectivity index is 2.52. The first-order valence-corrected chi connectivity index (χ1v) is 6.13. The van der Waals surface area contributed by atoms with Gasteiger partial charge in [0.25, 0.3) is 5.91 Å². The number of halogens is 1. The number of carbonyl (C=O) groups excluding carboxylic acids is 1. The van der Waals surface area contributed by atoms with Crippen molar-refractivity contribution in [2.45, 2.75) is 20.3 Å². The molecule has 1 heterocycles. The molecule has 1 unspecified atom stereocenters. The molecule has 0 saturated heterocycles. The molecule has 18 heavy (non-hydrogen) atoms. The second kappa shape index (κ2) is 6.44. The van der Waals surface area contributed by atoms with E-state index in [1.54, 1.807) is 0 Å². The molecule has 100 valence electrons. The minimum atomic E-state index is -0.895. The second-order valence-corrected chi connectivity index (χ2v) is 5.04.